The van der Waals surface area contributed by atoms with E-state index < -0.39 is 11.7 Å². The van der Waals surface area contributed by atoms with E-state index in [0.717, 1.165) is 5.69 Å². The summed E-state index contributed by atoms with van der Waals surface area (Å²) in [6.07, 6.45) is 4.20. The molecule has 0 bridgehead atoms. The van der Waals surface area contributed by atoms with Gasteiger partial charge < -0.3 is 10.1 Å². The molecule has 2 heterocycles. The first-order chi connectivity index (χ1) is 9.46. The van der Waals surface area contributed by atoms with Gasteiger partial charge in [0.1, 0.15) is 18.3 Å². The number of alkyl carbamates (subject to hydrolysis) is 1. The van der Waals surface area contributed by atoms with Crippen LogP contribution in [0.15, 0.2) is 31.0 Å². The molecule has 0 saturated carbocycles. The van der Waals surface area contributed by atoms with Crippen molar-refractivity contribution in [2.45, 2.75) is 32.9 Å². The molecule has 2 aromatic heterocycles. The molecule has 0 saturated heterocycles. The number of carbonyl (C=O) groups excluding carboxylic acids is 1. The number of carbonyl (C=O) groups is 1. The first-order valence-corrected chi connectivity index (χ1v) is 6.21. The smallest absolute Gasteiger partial charge is 0.407 e. The van der Waals surface area contributed by atoms with Gasteiger partial charge in [-0.1, -0.05) is 0 Å². The molecular formula is C13H17N5O2. The van der Waals surface area contributed by atoms with Crippen LogP contribution in [0.2, 0.25) is 0 Å². The van der Waals surface area contributed by atoms with Gasteiger partial charge in [0.15, 0.2) is 0 Å². The molecular weight excluding hydrogens is 258 g/mol. The highest BCUT2D eigenvalue weighted by Gasteiger charge is 2.16. The van der Waals surface area contributed by atoms with Gasteiger partial charge in [-0.3, -0.25) is 4.98 Å². The number of ether oxygens (including phenoxy) is 1. The first-order valence-electron chi connectivity index (χ1n) is 6.21. The second-order valence-electron chi connectivity index (χ2n) is 5.16. The zero-order valence-corrected chi connectivity index (χ0v) is 11.7. The number of pyridine rings is 1. The number of hydrogen-bond donors (Lipinski definition) is 1. The molecule has 0 aromatic carbocycles. The van der Waals surface area contributed by atoms with Crippen LogP contribution in [-0.4, -0.2) is 31.4 Å². The van der Waals surface area contributed by atoms with Crippen LogP contribution in [0.3, 0.4) is 0 Å². The molecule has 1 amide bonds. The van der Waals surface area contributed by atoms with Gasteiger partial charge in [0, 0.05) is 6.20 Å². The number of nitrogens with zero attached hydrogens (tertiary/aromatic N) is 4. The summed E-state index contributed by atoms with van der Waals surface area (Å²) in [5.41, 5.74) is 0.924. The van der Waals surface area contributed by atoms with E-state index in [9.17, 15) is 4.79 Å². The molecule has 0 unspecified atom stereocenters. The Balaban J connectivity index is 2.06. The van der Waals surface area contributed by atoms with Crippen molar-refractivity contribution in [3.8, 4) is 5.69 Å². The molecule has 0 aliphatic rings. The molecule has 106 valence electrons. The lowest BCUT2D eigenvalue weighted by atomic mass is 10.2. The van der Waals surface area contributed by atoms with E-state index in [1.807, 2.05) is 26.8 Å². The average molecular weight is 275 g/mol. The van der Waals surface area contributed by atoms with Crippen LogP contribution < -0.4 is 5.32 Å². The van der Waals surface area contributed by atoms with Gasteiger partial charge in [0.2, 0.25) is 0 Å². The van der Waals surface area contributed by atoms with E-state index in [-0.39, 0.29) is 6.54 Å². The predicted molar refractivity (Wildman–Crippen MR) is 72.2 cm³/mol. The average Bonchev–Trinajstić information content (AvgIpc) is 2.88. The summed E-state index contributed by atoms with van der Waals surface area (Å²) in [5.74, 6) is 0. The predicted octanol–water partition coefficient (Wildman–Crippen LogP) is 1.69. The Bertz CT molecular complexity index is 575. The maximum absolute atomic E-state index is 11.6. The van der Waals surface area contributed by atoms with Crippen LogP contribution in [0.25, 0.3) is 5.69 Å². The molecule has 0 aliphatic heterocycles. The van der Waals surface area contributed by atoms with E-state index in [0.29, 0.717) is 5.69 Å². The van der Waals surface area contributed by atoms with E-state index >= 15 is 0 Å². The van der Waals surface area contributed by atoms with Crippen molar-refractivity contribution in [1.29, 1.82) is 0 Å². The third-order valence-corrected chi connectivity index (χ3v) is 2.33. The number of nitrogens with one attached hydrogen (secondary N) is 1. The number of aromatic nitrogens is 4. The highest BCUT2D eigenvalue weighted by Crippen LogP contribution is 2.11. The van der Waals surface area contributed by atoms with Gasteiger partial charge in [-0.25, -0.2) is 14.5 Å². The van der Waals surface area contributed by atoms with E-state index in [4.69, 9.17) is 4.74 Å². The van der Waals surface area contributed by atoms with Crippen molar-refractivity contribution >= 4 is 6.09 Å². The van der Waals surface area contributed by atoms with Crippen molar-refractivity contribution in [3.05, 3.63) is 36.7 Å². The summed E-state index contributed by atoms with van der Waals surface area (Å²) in [7, 11) is 0. The molecule has 2 aromatic rings. The van der Waals surface area contributed by atoms with Gasteiger partial charge in [-0.05, 0) is 32.9 Å². The minimum Gasteiger partial charge on any atom is -0.444 e. The van der Waals surface area contributed by atoms with Gasteiger partial charge >= 0.3 is 6.09 Å². The molecule has 0 atom stereocenters. The minimum atomic E-state index is -0.525. The van der Waals surface area contributed by atoms with E-state index in [1.165, 1.54) is 6.33 Å². The van der Waals surface area contributed by atoms with Gasteiger partial charge in [-0.15, -0.1) is 0 Å². The molecule has 7 nitrogen and oxygen atoms in total. The largest absolute Gasteiger partial charge is 0.444 e. The fraction of sp³-hybridized carbons (Fsp3) is 0.385. The Morgan fingerprint density at radius 1 is 1.45 bits per heavy atom. The Kier molecular flexibility index (Phi) is 3.97. The molecule has 0 spiro atoms. The third-order valence-electron chi connectivity index (χ3n) is 2.33. The fourth-order valence-electron chi connectivity index (χ4n) is 1.58. The normalized spacial score (nSPS) is 11.2. The second kappa shape index (κ2) is 5.68. The summed E-state index contributed by atoms with van der Waals surface area (Å²) in [4.78, 5) is 19.8. The lowest BCUT2D eigenvalue weighted by Gasteiger charge is -2.19. The van der Waals surface area contributed by atoms with Crippen molar-refractivity contribution in [2.24, 2.45) is 0 Å². The number of hydrogen-bond acceptors (Lipinski definition) is 5. The molecule has 0 fully saturated rings. The lowest BCUT2D eigenvalue weighted by Crippen LogP contribution is -2.32. The molecule has 0 aliphatic carbocycles. The quantitative estimate of drug-likeness (QED) is 0.921. The van der Waals surface area contributed by atoms with Crippen LogP contribution in [0.1, 0.15) is 26.5 Å². The molecule has 7 heteroatoms. The van der Waals surface area contributed by atoms with Crippen LogP contribution in [0.5, 0.6) is 0 Å². The van der Waals surface area contributed by atoms with Crippen molar-refractivity contribution in [1.82, 2.24) is 25.1 Å². The summed E-state index contributed by atoms with van der Waals surface area (Å²) >= 11 is 0. The Labute approximate surface area is 117 Å². The summed E-state index contributed by atoms with van der Waals surface area (Å²) in [5, 5.41) is 6.73. The standard InChI is InChI=1S/C13H17N5O2/c1-13(2,3)20-12(19)16-7-10-11(5-4-6-15-10)18-9-14-8-17-18/h4-6,8-9H,7H2,1-3H3,(H,16,19). The Hall–Kier alpha value is -2.44. The molecule has 1 N–H and O–H groups in total. The second-order valence-corrected chi connectivity index (χ2v) is 5.16. The zero-order valence-electron chi connectivity index (χ0n) is 11.7. The number of rotatable bonds is 3. The Morgan fingerprint density at radius 3 is 2.90 bits per heavy atom. The van der Waals surface area contributed by atoms with Crippen LogP contribution >= 0.6 is 0 Å². The van der Waals surface area contributed by atoms with Crippen LogP contribution in [0, 0.1) is 0 Å². The SMILES string of the molecule is CC(C)(C)OC(=O)NCc1ncccc1-n1cncn1. The fourth-order valence-corrected chi connectivity index (χ4v) is 1.58. The minimum absolute atomic E-state index is 0.255. The first kappa shape index (κ1) is 14.0. The summed E-state index contributed by atoms with van der Waals surface area (Å²) in [6, 6.07) is 3.65. The number of amides is 1. The van der Waals surface area contributed by atoms with Gasteiger partial charge in [0.05, 0.1) is 17.9 Å². The molecule has 2 rings (SSSR count). The van der Waals surface area contributed by atoms with E-state index in [2.05, 4.69) is 20.4 Å². The molecule has 20 heavy (non-hydrogen) atoms. The lowest BCUT2D eigenvalue weighted by molar-refractivity contribution is 0.0523. The maximum Gasteiger partial charge on any atom is 0.407 e. The summed E-state index contributed by atoms with van der Waals surface area (Å²) < 4.78 is 6.77. The molecule has 0 radical (unpaired) electrons. The van der Waals surface area contributed by atoms with Crippen LogP contribution in [0.4, 0.5) is 4.79 Å². The van der Waals surface area contributed by atoms with Crippen molar-refractivity contribution in [3.63, 3.8) is 0 Å². The van der Waals surface area contributed by atoms with Crippen molar-refractivity contribution < 1.29 is 9.53 Å². The van der Waals surface area contributed by atoms with Gasteiger partial charge in [0.25, 0.3) is 0 Å². The van der Waals surface area contributed by atoms with Crippen LogP contribution in [-0.2, 0) is 11.3 Å². The van der Waals surface area contributed by atoms with Gasteiger partial charge in [-0.2, -0.15) is 5.10 Å². The maximum atomic E-state index is 11.6. The summed E-state index contributed by atoms with van der Waals surface area (Å²) in [6.45, 7) is 5.70. The zero-order chi connectivity index (χ0) is 14.6. The highest BCUT2D eigenvalue weighted by atomic mass is 16.6. The van der Waals surface area contributed by atoms with E-state index in [1.54, 1.807) is 23.3 Å². The third kappa shape index (κ3) is 3.78. The topological polar surface area (TPSA) is 81.9 Å². The van der Waals surface area contributed by atoms with Crippen molar-refractivity contribution in [2.75, 3.05) is 0 Å². The Morgan fingerprint density at radius 2 is 2.25 bits per heavy atom. The monoisotopic (exact) mass is 275 g/mol. The highest BCUT2D eigenvalue weighted by molar-refractivity contribution is 5.67.